The van der Waals surface area contributed by atoms with Crippen LogP contribution in [0.15, 0.2) is 18.2 Å². The van der Waals surface area contributed by atoms with Crippen LogP contribution in [0.3, 0.4) is 0 Å². The van der Waals surface area contributed by atoms with E-state index in [4.69, 9.17) is 5.26 Å². The van der Waals surface area contributed by atoms with Crippen LogP contribution in [0.2, 0.25) is 0 Å². The van der Waals surface area contributed by atoms with Crippen LogP contribution in [0.5, 0.6) is 0 Å². The quantitative estimate of drug-likeness (QED) is 0.855. The Kier molecular flexibility index (Phi) is 4.39. The molecule has 1 aliphatic rings. The molecule has 19 heavy (non-hydrogen) atoms. The molecule has 0 amide bonds. The van der Waals surface area contributed by atoms with E-state index in [1.54, 1.807) is 6.07 Å². The van der Waals surface area contributed by atoms with Gasteiger partial charge in [-0.25, -0.2) is 4.39 Å². The highest BCUT2D eigenvalue weighted by atomic mass is 19.1. The van der Waals surface area contributed by atoms with Gasteiger partial charge in [0.1, 0.15) is 5.82 Å². The molecule has 0 saturated heterocycles. The highest BCUT2D eigenvalue weighted by Crippen LogP contribution is 2.34. The molecule has 0 aromatic heterocycles. The van der Waals surface area contributed by atoms with Crippen LogP contribution in [-0.2, 0) is 0 Å². The Bertz CT molecular complexity index is 477. The van der Waals surface area contributed by atoms with Crippen molar-refractivity contribution in [1.82, 2.24) is 5.32 Å². The first-order chi connectivity index (χ1) is 9.17. The minimum Gasteiger partial charge on any atom is -0.365 e. The first-order valence-corrected chi connectivity index (χ1v) is 6.77. The lowest BCUT2D eigenvalue weighted by molar-refractivity contribution is 0.600. The van der Waals surface area contributed by atoms with Crippen molar-refractivity contribution in [2.75, 3.05) is 18.5 Å². The van der Waals surface area contributed by atoms with E-state index in [9.17, 15) is 4.39 Å². The number of benzene rings is 1. The number of anilines is 1. The lowest BCUT2D eigenvalue weighted by Crippen LogP contribution is -2.27. The Morgan fingerprint density at radius 2 is 2.26 bits per heavy atom. The van der Waals surface area contributed by atoms with Gasteiger partial charge in [-0.1, -0.05) is 6.07 Å². The van der Waals surface area contributed by atoms with Crippen molar-refractivity contribution in [1.29, 1.82) is 5.26 Å². The SMILES string of the molecule is CNC(C)c1ccc(N(CCC#N)C2CC2)c(F)c1. The third-order valence-corrected chi connectivity index (χ3v) is 3.67. The van der Waals surface area contributed by atoms with Crippen molar-refractivity contribution in [2.45, 2.75) is 38.3 Å². The summed E-state index contributed by atoms with van der Waals surface area (Å²) in [4.78, 5) is 2.03. The molecule has 1 unspecified atom stereocenters. The third-order valence-electron chi connectivity index (χ3n) is 3.67. The summed E-state index contributed by atoms with van der Waals surface area (Å²) < 4.78 is 14.3. The van der Waals surface area contributed by atoms with Crippen LogP contribution >= 0.6 is 0 Å². The molecule has 1 saturated carbocycles. The summed E-state index contributed by atoms with van der Waals surface area (Å²) in [5.74, 6) is -0.190. The summed E-state index contributed by atoms with van der Waals surface area (Å²) >= 11 is 0. The fourth-order valence-corrected chi connectivity index (χ4v) is 2.25. The second kappa shape index (κ2) is 6.03. The van der Waals surface area contributed by atoms with Gasteiger partial charge in [0.2, 0.25) is 0 Å². The van der Waals surface area contributed by atoms with Gasteiger partial charge in [0.25, 0.3) is 0 Å². The van der Waals surface area contributed by atoms with Gasteiger partial charge in [-0.2, -0.15) is 5.26 Å². The Hall–Kier alpha value is -1.60. The van der Waals surface area contributed by atoms with Gasteiger partial charge in [0.15, 0.2) is 0 Å². The smallest absolute Gasteiger partial charge is 0.146 e. The Morgan fingerprint density at radius 1 is 1.53 bits per heavy atom. The zero-order valence-electron chi connectivity index (χ0n) is 11.5. The zero-order chi connectivity index (χ0) is 13.8. The normalized spacial score (nSPS) is 15.9. The number of nitriles is 1. The summed E-state index contributed by atoms with van der Waals surface area (Å²) in [5, 5.41) is 11.8. The largest absolute Gasteiger partial charge is 0.365 e. The number of hydrogen-bond acceptors (Lipinski definition) is 3. The first kappa shape index (κ1) is 13.8. The average molecular weight is 261 g/mol. The zero-order valence-corrected chi connectivity index (χ0v) is 11.5. The molecular weight excluding hydrogens is 241 g/mol. The van der Waals surface area contributed by atoms with E-state index in [1.807, 2.05) is 31.0 Å². The summed E-state index contributed by atoms with van der Waals surface area (Å²) in [5.41, 5.74) is 1.57. The maximum Gasteiger partial charge on any atom is 0.146 e. The van der Waals surface area contributed by atoms with Gasteiger partial charge in [-0.15, -0.1) is 0 Å². The van der Waals surface area contributed by atoms with Crippen molar-refractivity contribution >= 4 is 5.69 Å². The number of nitrogens with one attached hydrogen (secondary N) is 1. The van der Waals surface area contributed by atoms with Gasteiger partial charge >= 0.3 is 0 Å². The van der Waals surface area contributed by atoms with Gasteiger partial charge in [-0.3, -0.25) is 0 Å². The van der Waals surface area contributed by atoms with Crippen molar-refractivity contribution in [3.05, 3.63) is 29.6 Å². The Labute approximate surface area is 114 Å². The molecule has 1 atom stereocenters. The van der Waals surface area contributed by atoms with E-state index in [1.165, 1.54) is 0 Å². The predicted octanol–water partition coefficient (Wildman–Crippen LogP) is 2.99. The maximum absolute atomic E-state index is 14.3. The van der Waals surface area contributed by atoms with Crippen LogP contribution in [-0.4, -0.2) is 19.6 Å². The van der Waals surface area contributed by atoms with Gasteiger partial charge in [0, 0.05) is 18.6 Å². The van der Waals surface area contributed by atoms with E-state index < -0.39 is 0 Å². The summed E-state index contributed by atoms with van der Waals surface area (Å²) in [7, 11) is 1.86. The minimum absolute atomic E-state index is 0.136. The van der Waals surface area contributed by atoms with E-state index in [0.717, 1.165) is 18.4 Å². The summed E-state index contributed by atoms with van der Waals surface area (Å²) in [6.07, 6.45) is 2.63. The van der Waals surface area contributed by atoms with Crippen LogP contribution in [0, 0.1) is 17.1 Å². The molecule has 1 aliphatic carbocycles. The second-order valence-corrected chi connectivity index (χ2v) is 5.05. The molecule has 1 aromatic carbocycles. The number of halogens is 1. The molecule has 0 heterocycles. The van der Waals surface area contributed by atoms with E-state index >= 15 is 0 Å². The van der Waals surface area contributed by atoms with E-state index in [0.29, 0.717) is 24.7 Å². The maximum atomic E-state index is 14.3. The van der Waals surface area contributed by atoms with Crippen molar-refractivity contribution < 1.29 is 4.39 Å². The molecule has 4 heteroatoms. The van der Waals surface area contributed by atoms with Gasteiger partial charge in [0.05, 0.1) is 18.2 Å². The van der Waals surface area contributed by atoms with Crippen LogP contribution in [0.4, 0.5) is 10.1 Å². The molecule has 102 valence electrons. The van der Waals surface area contributed by atoms with Crippen LogP contribution in [0.25, 0.3) is 0 Å². The van der Waals surface area contributed by atoms with Crippen molar-refractivity contribution in [3.63, 3.8) is 0 Å². The average Bonchev–Trinajstić information content (AvgIpc) is 3.24. The minimum atomic E-state index is -0.190. The van der Waals surface area contributed by atoms with E-state index in [-0.39, 0.29) is 11.9 Å². The Balaban J connectivity index is 2.20. The van der Waals surface area contributed by atoms with Crippen LogP contribution in [0.1, 0.15) is 37.8 Å². The monoisotopic (exact) mass is 261 g/mol. The highest BCUT2D eigenvalue weighted by molar-refractivity contribution is 5.51. The lowest BCUT2D eigenvalue weighted by atomic mass is 10.1. The first-order valence-electron chi connectivity index (χ1n) is 6.77. The number of rotatable bonds is 6. The predicted molar refractivity (Wildman–Crippen MR) is 74.5 cm³/mol. The number of hydrogen-bond donors (Lipinski definition) is 1. The molecule has 0 spiro atoms. The fourth-order valence-electron chi connectivity index (χ4n) is 2.25. The summed E-state index contributed by atoms with van der Waals surface area (Å²) in [6, 6.07) is 8.08. The molecule has 1 aromatic rings. The highest BCUT2D eigenvalue weighted by Gasteiger charge is 2.30. The molecule has 1 fully saturated rings. The van der Waals surface area contributed by atoms with Crippen LogP contribution < -0.4 is 10.2 Å². The van der Waals surface area contributed by atoms with Gasteiger partial charge < -0.3 is 10.2 Å². The van der Waals surface area contributed by atoms with Gasteiger partial charge in [-0.05, 0) is 44.5 Å². The molecule has 1 N–H and O–H groups in total. The standard InChI is InChI=1S/C15H20FN3/c1-11(18-2)12-4-7-15(14(16)10-12)19(9-3-8-17)13-5-6-13/h4,7,10-11,13,18H,3,5-6,9H2,1-2H3. The molecule has 0 aliphatic heterocycles. The third kappa shape index (κ3) is 3.24. The van der Waals surface area contributed by atoms with Crippen molar-refractivity contribution in [2.24, 2.45) is 0 Å². The summed E-state index contributed by atoms with van der Waals surface area (Å²) in [6.45, 7) is 2.61. The van der Waals surface area contributed by atoms with Crippen molar-refractivity contribution in [3.8, 4) is 6.07 Å². The molecule has 2 rings (SSSR count). The molecule has 0 bridgehead atoms. The topological polar surface area (TPSA) is 39.1 Å². The van der Waals surface area contributed by atoms with E-state index in [2.05, 4.69) is 11.4 Å². The fraction of sp³-hybridized carbons (Fsp3) is 0.533. The lowest BCUT2D eigenvalue weighted by Gasteiger charge is -2.25. The molecule has 0 radical (unpaired) electrons. The second-order valence-electron chi connectivity index (χ2n) is 5.05. The Morgan fingerprint density at radius 3 is 2.79 bits per heavy atom. The number of nitrogens with zero attached hydrogens (tertiary/aromatic N) is 2. The molecular formula is C15H20FN3. The molecule has 3 nitrogen and oxygen atoms in total.